The molecule has 0 spiro atoms. The number of carbonyl (C=O) groups excluding carboxylic acids is 4. The summed E-state index contributed by atoms with van der Waals surface area (Å²) in [5.74, 6) is 1.06. The number of ether oxygens (including phenoxy) is 4. The normalized spacial score (nSPS) is 13.9. The third-order valence-corrected chi connectivity index (χ3v) is 23.0. The lowest BCUT2D eigenvalue weighted by Crippen LogP contribution is -2.30. The highest BCUT2D eigenvalue weighted by molar-refractivity contribution is 7.47. The van der Waals surface area contributed by atoms with Gasteiger partial charge in [-0.15, -0.1) is 0 Å². The first kappa shape index (κ1) is 107. The Morgan fingerprint density at radius 2 is 0.385 bits per heavy atom. The maximum Gasteiger partial charge on any atom is 0.472 e. The van der Waals surface area contributed by atoms with Crippen LogP contribution in [0.2, 0.25) is 0 Å². The number of phosphoric ester groups is 2. The first-order valence-electron chi connectivity index (χ1n) is 46.2. The maximum absolute atomic E-state index is 13.2. The van der Waals surface area contributed by atoms with Crippen LogP contribution in [0.3, 0.4) is 0 Å². The molecule has 0 aliphatic carbocycles. The Hall–Kier alpha value is -1.94. The Kier molecular flexibility index (Phi) is 77.2. The number of hydrogen-bond donors (Lipinski definition) is 3. The van der Waals surface area contributed by atoms with Crippen LogP contribution in [0, 0.1) is 23.7 Å². The summed E-state index contributed by atoms with van der Waals surface area (Å²) in [7, 11) is -9.94. The molecule has 648 valence electrons. The topological polar surface area (TPSA) is 237 Å². The molecule has 0 bridgehead atoms. The third-order valence-electron chi connectivity index (χ3n) is 21.1. The van der Waals surface area contributed by atoms with Crippen LogP contribution >= 0.6 is 15.6 Å². The van der Waals surface area contributed by atoms with Crippen molar-refractivity contribution in [1.82, 2.24) is 0 Å². The van der Waals surface area contributed by atoms with Gasteiger partial charge in [-0.1, -0.05) is 421 Å². The molecule has 0 saturated carbocycles. The molecule has 5 atom stereocenters. The van der Waals surface area contributed by atoms with Gasteiger partial charge in [0.15, 0.2) is 12.2 Å². The first-order chi connectivity index (χ1) is 52.6. The van der Waals surface area contributed by atoms with E-state index in [1.165, 1.54) is 276 Å². The zero-order valence-corrected chi connectivity index (χ0v) is 74.0. The second-order valence-corrected chi connectivity index (χ2v) is 37.2. The monoisotopic (exact) mass is 1590 g/mol. The Morgan fingerprint density at radius 3 is 0.569 bits per heavy atom. The SMILES string of the molecule is CC(C)CCCCCCCCCCCCCCCCCCCCC(=O)OC[C@H](COP(=O)(O)OC[C@@H](O)COP(=O)(O)OC[C@@H](COC(=O)CCCCCCCCCCCC(C)C)OC(=O)CCCCCCCCCCCCCCC(C)C)OC(=O)CCCCCCCCCCCCCCCCCCCCC(C)C. The van der Waals surface area contributed by atoms with E-state index in [1.54, 1.807) is 0 Å². The van der Waals surface area contributed by atoms with Crippen LogP contribution in [-0.4, -0.2) is 96.7 Å². The van der Waals surface area contributed by atoms with Gasteiger partial charge < -0.3 is 33.8 Å². The second kappa shape index (κ2) is 78.6. The number of unbranched alkanes of at least 4 members (excludes halogenated alkanes) is 53. The number of phosphoric acid groups is 2. The molecule has 2 unspecified atom stereocenters. The van der Waals surface area contributed by atoms with Gasteiger partial charge in [-0.25, -0.2) is 9.13 Å². The van der Waals surface area contributed by atoms with Gasteiger partial charge in [0.1, 0.15) is 19.3 Å². The Morgan fingerprint density at radius 1 is 0.229 bits per heavy atom. The minimum atomic E-state index is -4.97. The van der Waals surface area contributed by atoms with Gasteiger partial charge in [0.05, 0.1) is 26.4 Å². The standard InChI is InChI=1S/C90H176O17P2/c1-80(2)66-58-50-42-34-27-21-17-13-9-11-15-19-23-30-38-46-54-62-70-87(92)100-76-85(106-89(94)72-64-56-48-39-31-24-20-16-12-10-14-18-22-28-35-43-51-59-67-81(3)4)78-104-108(96,97)102-74-84(91)75-103-109(98,99)105-79-86(77-101-88(93)71-63-55-47-41-33-37-45-53-61-69-83(7)8)107-90(95)73-65-57-49-40-32-26-25-29-36-44-52-60-68-82(5)6/h80-86,91H,9-79H2,1-8H3,(H,96,97)(H,98,99)/t84-,85-,86-/m1/s1. The number of aliphatic hydroxyl groups excluding tert-OH is 1. The highest BCUT2D eigenvalue weighted by Crippen LogP contribution is 2.45. The molecule has 0 radical (unpaired) electrons. The van der Waals surface area contributed by atoms with Crippen molar-refractivity contribution in [2.24, 2.45) is 23.7 Å². The molecular formula is C90H176O17P2. The van der Waals surface area contributed by atoms with Crippen molar-refractivity contribution in [3.63, 3.8) is 0 Å². The van der Waals surface area contributed by atoms with E-state index in [1.807, 2.05) is 0 Å². The van der Waals surface area contributed by atoms with Crippen LogP contribution in [0.25, 0.3) is 0 Å². The van der Waals surface area contributed by atoms with E-state index >= 15 is 0 Å². The van der Waals surface area contributed by atoms with E-state index in [-0.39, 0.29) is 25.7 Å². The van der Waals surface area contributed by atoms with Crippen LogP contribution in [-0.2, 0) is 65.4 Å². The van der Waals surface area contributed by atoms with Crippen molar-refractivity contribution in [2.45, 2.75) is 491 Å². The lowest BCUT2D eigenvalue weighted by Gasteiger charge is -2.21. The fourth-order valence-corrected chi connectivity index (χ4v) is 15.6. The molecule has 0 fully saturated rings. The zero-order valence-electron chi connectivity index (χ0n) is 72.2. The van der Waals surface area contributed by atoms with E-state index in [4.69, 9.17) is 37.0 Å². The molecule has 19 heteroatoms. The largest absolute Gasteiger partial charge is 0.472 e. The van der Waals surface area contributed by atoms with Crippen molar-refractivity contribution in [3.8, 4) is 0 Å². The van der Waals surface area contributed by atoms with Gasteiger partial charge >= 0.3 is 39.5 Å². The van der Waals surface area contributed by atoms with Gasteiger partial charge in [-0.3, -0.25) is 37.3 Å². The Balaban J connectivity index is 5.24. The zero-order chi connectivity index (χ0) is 80.2. The molecule has 0 aromatic heterocycles. The average molecular weight is 1590 g/mol. The predicted molar refractivity (Wildman–Crippen MR) is 451 cm³/mol. The fraction of sp³-hybridized carbons (Fsp3) is 0.956. The van der Waals surface area contributed by atoms with Crippen molar-refractivity contribution in [2.75, 3.05) is 39.6 Å². The van der Waals surface area contributed by atoms with E-state index in [9.17, 15) is 43.2 Å². The molecule has 0 aliphatic rings. The molecule has 0 rings (SSSR count). The summed E-state index contributed by atoms with van der Waals surface area (Å²) in [4.78, 5) is 73.4. The minimum absolute atomic E-state index is 0.106. The Labute approximate surface area is 670 Å². The molecule has 0 amide bonds. The van der Waals surface area contributed by atoms with Crippen LogP contribution in [0.5, 0.6) is 0 Å². The summed E-state index contributed by atoms with van der Waals surface area (Å²) in [6.45, 7) is 14.4. The summed E-state index contributed by atoms with van der Waals surface area (Å²) in [6, 6.07) is 0. The van der Waals surface area contributed by atoms with Crippen molar-refractivity contribution in [1.29, 1.82) is 0 Å². The summed E-state index contributed by atoms with van der Waals surface area (Å²) in [5, 5.41) is 10.7. The smallest absolute Gasteiger partial charge is 0.462 e. The maximum atomic E-state index is 13.2. The minimum Gasteiger partial charge on any atom is -0.462 e. The molecule has 0 aromatic carbocycles. The highest BCUT2D eigenvalue weighted by Gasteiger charge is 2.31. The van der Waals surface area contributed by atoms with Crippen molar-refractivity contribution in [3.05, 3.63) is 0 Å². The van der Waals surface area contributed by atoms with Gasteiger partial charge in [0.2, 0.25) is 0 Å². The van der Waals surface area contributed by atoms with Crippen LogP contribution in [0.4, 0.5) is 0 Å². The van der Waals surface area contributed by atoms with Crippen molar-refractivity contribution < 1.29 is 80.2 Å². The van der Waals surface area contributed by atoms with E-state index in [0.29, 0.717) is 25.7 Å². The molecular weight excluding hydrogens is 1410 g/mol. The second-order valence-electron chi connectivity index (χ2n) is 34.2. The van der Waals surface area contributed by atoms with Gasteiger partial charge in [-0.05, 0) is 49.4 Å². The number of esters is 4. The van der Waals surface area contributed by atoms with Crippen LogP contribution in [0.15, 0.2) is 0 Å². The van der Waals surface area contributed by atoms with Gasteiger partial charge in [-0.2, -0.15) is 0 Å². The lowest BCUT2D eigenvalue weighted by atomic mass is 10.0. The summed E-state index contributed by atoms with van der Waals surface area (Å²) < 4.78 is 69.0. The lowest BCUT2D eigenvalue weighted by molar-refractivity contribution is -0.161. The first-order valence-corrected chi connectivity index (χ1v) is 49.2. The molecule has 3 N–H and O–H groups in total. The quantitative estimate of drug-likeness (QED) is 0.0222. The van der Waals surface area contributed by atoms with Crippen LogP contribution < -0.4 is 0 Å². The molecule has 0 aliphatic heterocycles. The molecule has 17 nitrogen and oxygen atoms in total. The number of carbonyl (C=O) groups is 4. The molecule has 0 saturated heterocycles. The third kappa shape index (κ3) is 83.8. The van der Waals surface area contributed by atoms with Crippen LogP contribution in [0.1, 0.15) is 473 Å². The molecule has 109 heavy (non-hydrogen) atoms. The van der Waals surface area contributed by atoms with Gasteiger partial charge in [0, 0.05) is 25.7 Å². The summed E-state index contributed by atoms with van der Waals surface area (Å²) >= 11 is 0. The van der Waals surface area contributed by atoms with E-state index < -0.39 is 97.5 Å². The Bertz CT molecular complexity index is 2110. The average Bonchev–Trinajstić information content (AvgIpc) is 0.901. The summed E-state index contributed by atoms with van der Waals surface area (Å²) in [5.41, 5.74) is 0. The fourth-order valence-electron chi connectivity index (χ4n) is 14.0. The van der Waals surface area contributed by atoms with E-state index in [2.05, 4.69) is 55.4 Å². The predicted octanol–water partition coefficient (Wildman–Crippen LogP) is 27.5. The van der Waals surface area contributed by atoms with Crippen molar-refractivity contribution >= 4 is 39.5 Å². The molecule has 0 heterocycles. The number of hydrogen-bond acceptors (Lipinski definition) is 15. The summed E-state index contributed by atoms with van der Waals surface area (Å²) in [6.07, 6.45) is 69.5. The highest BCUT2D eigenvalue weighted by atomic mass is 31.2. The van der Waals surface area contributed by atoms with E-state index in [0.717, 1.165) is 114 Å². The van der Waals surface area contributed by atoms with Gasteiger partial charge in [0.25, 0.3) is 0 Å². The number of aliphatic hydroxyl groups is 1. The molecule has 0 aromatic rings. The number of rotatable bonds is 87.